The zero-order chi connectivity index (χ0) is 41.6. The van der Waals surface area contributed by atoms with Crippen LogP contribution < -0.4 is 21.8 Å². The molecule has 18 heteroatoms. The molecule has 0 radical (unpaired) electrons. The van der Waals surface area contributed by atoms with Crippen LogP contribution in [-0.4, -0.2) is 48.8 Å². The maximum absolute atomic E-state index is 14.3. The summed E-state index contributed by atoms with van der Waals surface area (Å²) in [5.74, 6) is -2.31. The molecule has 9 nitrogen and oxygen atoms in total. The van der Waals surface area contributed by atoms with Crippen molar-refractivity contribution in [3.63, 3.8) is 0 Å². The topological polar surface area (TPSA) is 136 Å². The lowest BCUT2D eigenvalue weighted by Gasteiger charge is -2.33. The molecule has 1 unspecified atom stereocenters. The predicted molar refractivity (Wildman–Crippen MR) is 183 cm³/mol. The number of ether oxygens (including phenoxy) is 4. The van der Waals surface area contributed by atoms with E-state index in [1.807, 2.05) is 6.92 Å². The molecule has 0 fully saturated rings. The van der Waals surface area contributed by atoms with Gasteiger partial charge in [-0.05, 0) is 76.8 Å². The highest BCUT2D eigenvalue weighted by atomic mass is 19.4. The van der Waals surface area contributed by atoms with E-state index in [0.717, 1.165) is 31.0 Å². The van der Waals surface area contributed by atoms with Crippen molar-refractivity contribution < 1.29 is 67.7 Å². The summed E-state index contributed by atoms with van der Waals surface area (Å²) in [7, 11) is 0. The minimum atomic E-state index is -5.52. The van der Waals surface area contributed by atoms with Crippen LogP contribution in [0.4, 0.5) is 39.5 Å². The zero-order valence-corrected chi connectivity index (χ0v) is 30.9. The van der Waals surface area contributed by atoms with Crippen LogP contribution in [0.1, 0.15) is 84.3 Å². The highest BCUT2D eigenvalue weighted by Gasteiger charge is 2.52. The highest BCUT2D eigenvalue weighted by Crippen LogP contribution is 2.39. The largest absolute Gasteiger partial charge is 0.494 e. The Morgan fingerprint density at radius 2 is 1.42 bits per heavy atom. The molecule has 0 amide bonds. The number of hydrogen-bond acceptors (Lipinski definition) is 9. The van der Waals surface area contributed by atoms with Crippen LogP contribution in [0.25, 0.3) is 22.1 Å². The standard InChI is InChI=1S/C37H45F9N2O7/c1-6-7-8-9-22-10-13-25(27(18-22)36(42,43)44)26-19-23-11-12-24(20-29(23)53-30(26)49)51-16-14-34(38,39)54-37(45,46)55-35(40,41)15-17-52-31(50)28(33(4,5)48)21-32(2,3)47/h10-13,18-20,28H,6-9,14-17,21,47-48H2,1-5H3. The summed E-state index contributed by atoms with van der Waals surface area (Å²) >= 11 is 0. The summed E-state index contributed by atoms with van der Waals surface area (Å²) in [5, 5.41) is 0.144. The SMILES string of the molecule is CCCCCc1ccc(-c2cc3ccc(OCCC(F)(F)OC(F)(F)OC(F)(F)CCOC(=O)C(CC(C)(C)N)C(C)(C)N)cc3oc2=O)c(C(F)(F)F)c1. The third-order valence-electron chi connectivity index (χ3n) is 8.20. The summed E-state index contributed by atoms with van der Waals surface area (Å²) in [6.07, 6.45) is -20.3. The third-order valence-corrected chi connectivity index (χ3v) is 8.20. The van der Waals surface area contributed by atoms with E-state index in [1.54, 1.807) is 13.8 Å². The van der Waals surface area contributed by atoms with Gasteiger partial charge in [0.15, 0.2) is 0 Å². The van der Waals surface area contributed by atoms with Crippen LogP contribution >= 0.6 is 0 Å². The second kappa shape index (κ2) is 17.5. The Kier molecular flexibility index (Phi) is 14.5. The smallest absolute Gasteiger partial charge is 0.493 e. The first-order valence-corrected chi connectivity index (χ1v) is 17.3. The Balaban J connectivity index is 1.61. The van der Waals surface area contributed by atoms with Gasteiger partial charge in [-0.3, -0.25) is 4.79 Å². The molecule has 0 saturated carbocycles. The van der Waals surface area contributed by atoms with E-state index >= 15 is 0 Å². The van der Waals surface area contributed by atoms with Crippen molar-refractivity contribution in [3.8, 4) is 16.9 Å². The van der Waals surface area contributed by atoms with Crippen molar-refractivity contribution in [1.82, 2.24) is 0 Å². The fourth-order valence-electron chi connectivity index (χ4n) is 5.47. The van der Waals surface area contributed by atoms with Crippen LogP contribution in [-0.2, 0) is 31.6 Å². The van der Waals surface area contributed by atoms with Gasteiger partial charge < -0.3 is 25.4 Å². The molecule has 55 heavy (non-hydrogen) atoms. The van der Waals surface area contributed by atoms with E-state index in [9.17, 15) is 49.1 Å². The highest BCUT2D eigenvalue weighted by molar-refractivity contribution is 5.83. The second-order valence-corrected chi connectivity index (χ2v) is 14.5. The minimum Gasteiger partial charge on any atom is -0.493 e. The van der Waals surface area contributed by atoms with E-state index in [0.29, 0.717) is 18.4 Å². The maximum Gasteiger partial charge on any atom is 0.494 e. The molecule has 1 heterocycles. The molecular weight excluding hydrogens is 755 g/mol. The number of carbonyl (C=O) groups excluding carboxylic acids is 1. The van der Waals surface area contributed by atoms with Gasteiger partial charge in [0.2, 0.25) is 0 Å². The maximum atomic E-state index is 14.3. The molecular formula is C37H45F9N2O7. The number of carbonyl (C=O) groups is 1. The summed E-state index contributed by atoms with van der Waals surface area (Å²) in [6.45, 7) is 5.90. The lowest BCUT2D eigenvalue weighted by Crippen LogP contribution is -2.50. The first kappa shape index (κ1) is 45.5. The lowest BCUT2D eigenvalue weighted by atomic mass is 9.80. The molecule has 0 bridgehead atoms. The van der Waals surface area contributed by atoms with E-state index < -0.39 is 90.5 Å². The van der Waals surface area contributed by atoms with Crippen molar-refractivity contribution in [2.75, 3.05) is 13.2 Å². The molecule has 3 rings (SSSR count). The van der Waals surface area contributed by atoms with Crippen LogP contribution in [0.2, 0.25) is 0 Å². The Hall–Kier alpha value is -3.87. The molecule has 3 aromatic rings. The Labute approximate surface area is 311 Å². The number of rotatable bonds is 20. The number of esters is 1. The molecule has 308 valence electrons. The molecule has 0 spiro atoms. The van der Waals surface area contributed by atoms with Crippen molar-refractivity contribution in [1.29, 1.82) is 0 Å². The van der Waals surface area contributed by atoms with Gasteiger partial charge in [0.1, 0.15) is 11.3 Å². The lowest BCUT2D eigenvalue weighted by molar-refractivity contribution is -0.514. The van der Waals surface area contributed by atoms with Crippen LogP contribution in [0.15, 0.2) is 51.7 Å². The second-order valence-electron chi connectivity index (χ2n) is 14.5. The van der Waals surface area contributed by atoms with Gasteiger partial charge in [-0.25, -0.2) is 14.3 Å². The zero-order valence-electron chi connectivity index (χ0n) is 30.9. The molecule has 1 atom stereocenters. The van der Waals surface area contributed by atoms with Gasteiger partial charge in [-0.1, -0.05) is 31.9 Å². The van der Waals surface area contributed by atoms with E-state index in [4.69, 9.17) is 25.4 Å². The summed E-state index contributed by atoms with van der Waals surface area (Å²) in [4.78, 5) is 25.3. The van der Waals surface area contributed by atoms with Crippen LogP contribution in [0, 0.1) is 5.92 Å². The number of benzene rings is 2. The van der Waals surface area contributed by atoms with Crippen LogP contribution in [0.3, 0.4) is 0 Å². The summed E-state index contributed by atoms with van der Waals surface area (Å²) < 4.78 is 149. The minimum absolute atomic E-state index is 0.00513. The van der Waals surface area contributed by atoms with Crippen molar-refractivity contribution >= 4 is 16.9 Å². The van der Waals surface area contributed by atoms with E-state index in [-0.39, 0.29) is 28.7 Å². The molecule has 0 aliphatic heterocycles. The quantitative estimate of drug-likeness (QED) is 0.0377. The molecule has 0 saturated heterocycles. The van der Waals surface area contributed by atoms with Gasteiger partial charge in [-0.15, -0.1) is 8.78 Å². The molecule has 1 aromatic heterocycles. The Bertz CT molecular complexity index is 1820. The van der Waals surface area contributed by atoms with Gasteiger partial charge in [0.25, 0.3) is 0 Å². The number of hydrogen-bond donors (Lipinski definition) is 2. The normalized spacial score (nSPS) is 14.0. The summed E-state index contributed by atoms with van der Waals surface area (Å²) in [5.41, 5.74) is 7.10. The molecule has 4 N–H and O–H groups in total. The Morgan fingerprint density at radius 1 is 0.800 bits per heavy atom. The van der Waals surface area contributed by atoms with Gasteiger partial charge in [-0.2, -0.15) is 30.7 Å². The Morgan fingerprint density at radius 3 is 1.98 bits per heavy atom. The number of unbranched alkanes of at least 4 members (excludes halogenated alkanes) is 2. The fraction of sp³-hybridized carbons (Fsp3) is 0.568. The average Bonchev–Trinajstić information content (AvgIpc) is 3.00. The molecule has 0 aliphatic rings. The monoisotopic (exact) mass is 800 g/mol. The fourth-order valence-corrected chi connectivity index (χ4v) is 5.47. The number of halogens is 9. The van der Waals surface area contributed by atoms with E-state index in [1.165, 1.54) is 38.1 Å². The predicted octanol–water partition coefficient (Wildman–Crippen LogP) is 9.16. The van der Waals surface area contributed by atoms with Crippen molar-refractivity contribution in [2.45, 2.75) is 115 Å². The number of fused-ring (bicyclic) bond motifs is 1. The van der Waals surface area contributed by atoms with Gasteiger partial charge in [0.05, 0.1) is 43.1 Å². The molecule has 0 aliphatic carbocycles. The van der Waals surface area contributed by atoms with Crippen LogP contribution in [0.5, 0.6) is 5.75 Å². The third kappa shape index (κ3) is 14.3. The summed E-state index contributed by atoms with van der Waals surface area (Å²) in [6, 6.07) is 8.34. The van der Waals surface area contributed by atoms with Crippen molar-refractivity contribution in [2.24, 2.45) is 17.4 Å². The van der Waals surface area contributed by atoms with E-state index in [2.05, 4.69) is 9.47 Å². The van der Waals surface area contributed by atoms with Gasteiger partial charge in [0, 0.05) is 28.1 Å². The average molecular weight is 801 g/mol. The number of nitrogens with two attached hydrogens (primary N) is 2. The number of aryl methyl sites for hydroxylation is 1. The van der Waals surface area contributed by atoms with Crippen molar-refractivity contribution in [3.05, 3.63) is 64.0 Å². The first-order valence-electron chi connectivity index (χ1n) is 17.3. The molecule has 2 aromatic carbocycles. The van der Waals surface area contributed by atoms with Gasteiger partial charge >= 0.3 is 36.3 Å². The number of alkyl halides is 9. The first-order chi connectivity index (χ1) is 25.1.